The van der Waals surface area contributed by atoms with E-state index in [4.69, 9.17) is 4.42 Å². The third kappa shape index (κ3) is 3.97. The van der Waals surface area contributed by atoms with Gasteiger partial charge in [-0.3, -0.25) is 0 Å². The Labute approximate surface area is 176 Å². The molecule has 2 heterocycles. The number of rotatable bonds is 4. The van der Waals surface area contributed by atoms with E-state index in [0.717, 1.165) is 5.39 Å². The smallest absolute Gasteiger partial charge is 0.345 e. The van der Waals surface area contributed by atoms with E-state index in [1.807, 2.05) is 18.2 Å². The molecule has 142 valence electrons. The van der Waals surface area contributed by atoms with E-state index in [1.54, 1.807) is 35.7 Å². The minimum atomic E-state index is -0.502. The lowest BCUT2D eigenvalue weighted by Crippen LogP contribution is -2.02. The average molecular weight is 468 g/mol. The van der Waals surface area contributed by atoms with Gasteiger partial charge in [-0.25, -0.2) is 14.2 Å². The van der Waals surface area contributed by atoms with Crippen molar-refractivity contribution in [2.24, 2.45) is 0 Å². The van der Waals surface area contributed by atoms with Crippen LogP contribution in [0, 0.1) is 17.1 Å². The largest absolute Gasteiger partial charge is 0.422 e. The molecule has 2 aromatic carbocycles. The minimum Gasteiger partial charge on any atom is -0.422 e. The number of fused-ring (bicyclic) bond motifs is 1. The number of thiazole rings is 1. The van der Waals surface area contributed by atoms with Crippen molar-refractivity contribution in [3.05, 3.63) is 85.8 Å². The molecule has 1 N–H and O–H groups in total. The Morgan fingerprint density at radius 3 is 2.90 bits per heavy atom. The van der Waals surface area contributed by atoms with Gasteiger partial charge in [0.05, 0.1) is 16.9 Å². The van der Waals surface area contributed by atoms with Crippen molar-refractivity contribution in [3.8, 4) is 17.3 Å². The van der Waals surface area contributed by atoms with E-state index in [1.165, 1.54) is 23.6 Å². The number of nitriles is 1. The molecule has 0 aliphatic heterocycles. The van der Waals surface area contributed by atoms with Crippen LogP contribution in [-0.4, -0.2) is 4.98 Å². The monoisotopic (exact) mass is 467 g/mol. The molecule has 0 amide bonds. The molecule has 0 aliphatic carbocycles. The summed E-state index contributed by atoms with van der Waals surface area (Å²) in [5.74, 6) is -0.457. The van der Waals surface area contributed by atoms with Crippen LogP contribution < -0.4 is 10.9 Å². The standard InChI is InChI=1S/C21H11BrFN3O2S/c22-14-5-6-17(16(23)8-14)25-10-13(9-24)20-26-18(11-29-20)15-7-12-3-1-2-4-19(12)28-21(15)27/h1-8,10-11,25H. The summed E-state index contributed by atoms with van der Waals surface area (Å²) < 4.78 is 19.9. The Bertz CT molecular complexity index is 1350. The Kier molecular flexibility index (Phi) is 5.25. The molecule has 2 aromatic heterocycles. The van der Waals surface area contributed by atoms with Crippen LogP contribution in [0.3, 0.4) is 0 Å². The van der Waals surface area contributed by atoms with Crippen LogP contribution in [0.5, 0.6) is 0 Å². The highest BCUT2D eigenvalue weighted by Gasteiger charge is 2.14. The zero-order valence-corrected chi connectivity index (χ0v) is 17.1. The summed E-state index contributed by atoms with van der Waals surface area (Å²) in [7, 11) is 0. The van der Waals surface area contributed by atoms with Crippen LogP contribution in [0.2, 0.25) is 0 Å². The van der Waals surface area contributed by atoms with Crippen LogP contribution >= 0.6 is 27.3 Å². The molecular weight excluding hydrogens is 457 g/mol. The van der Waals surface area contributed by atoms with Crippen LogP contribution in [0.4, 0.5) is 10.1 Å². The van der Waals surface area contributed by atoms with Crippen molar-refractivity contribution in [1.29, 1.82) is 5.26 Å². The van der Waals surface area contributed by atoms with Crippen LogP contribution in [-0.2, 0) is 0 Å². The Balaban J connectivity index is 1.66. The molecule has 0 saturated carbocycles. The topological polar surface area (TPSA) is 78.9 Å². The first-order chi connectivity index (χ1) is 14.0. The van der Waals surface area contributed by atoms with Gasteiger partial charge in [-0.05, 0) is 30.3 Å². The van der Waals surface area contributed by atoms with Gasteiger partial charge >= 0.3 is 5.63 Å². The van der Waals surface area contributed by atoms with Gasteiger partial charge in [-0.1, -0.05) is 34.1 Å². The van der Waals surface area contributed by atoms with E-state index in [0.29, 0.717) is 26.3 Å². The molecule has 0 fully saturated rings. The van der Waals surface area contributed by atoms with E-state index in [9.17, 15) is 14.4 Å². The van der Waals surface area contributed by atoms with Crippen molar-refractivity contribution >= 4 is 49.5 Å². The minimum absolute atomic E-state index is 0.216. The van der Waals surface area contributed by atoms with Gasteiger partial charge in [-0.15, -0.1) is 11.3 Å². The van der Waals surface area contributed by atoms with Gasteiger partial charge in [0, 0.05) is 21.4 Å². The molecule has 0 unspecified atom stereocenters. The molecule has 4 rings (SSSR count). The maximum Gasteiger partial charge on any atom is 0.345 e. The van der Waals surface area contributed by atoms with Gasteiger partial charge < -0.3 is 9.73 Å². The molecule has 8 heteroatoms. The first kappa shape index (κ1) is 19.1. The lowest BCUT2D eigenvalue weighted by atomic mass is 10.1. The number of hydrogen-bond donors (Lipinski definition) is 1. The number of para-hydroxylation sites is 1. The highest BCUT2D eigenvalue weighted by Crippen LogP contribution is 2.27. The predicted molar refractivity (Wildman–Crippen MR) is 115 cm³/mol. The fourth-order valence-electron chi connectivity index (χ4n) is 2.66. The molecule has 0 saturated heterocycles. The highest BCUT2D eigenvalue weighted by atomic mass is 79.9. The molecule has 5 nitrogen and oxygen atoms in total. The number of benzene rings is 2. The zero-order valence-electron chi connectivity index (χ0n) is 14.6. The maximum absolute atomic E-state index is 13.9. The molecule has 0 radical (unpaired) electrons. The first-order valence-corrected chi connectivity index (χ1v) is 10.0. The van der Waals surface area contributed by atoms with Gasteiger partial charge in [0.2, 0.25) is 0 Å². The third-order valence-electron chi connectivity index (χ3n) is 4.08. The number of allylic oxidation sites excluding steroid dienone is 1. The molecule has 0 atom stereocenters. The second kappa shape index (κ2) is 7.99. The highest BCUT2D eigenvalue weighted by molar-refractivity contribution is 9.10. The predicted octanol–water partition coefficient (Wildman–Crippen LogP) is 5.79. The summed E-state index contributed by atoms with van der Waals surface area (Å²) in [5, 5.41) is 15.1. The Morgan fingerprint density at radius 1 is 1.28 bits per heavy atom. The summed E-state index contributed by atoms with van der Waals surface area (Å²) in [5.41, 5.74) is 1.17. The summed E-state index contributed by atoms with van der Waals surface area (Å²) in [6.45, 7) is 0. The maximum atomic E-state index is 13.9. The third-order valence-corrected chi connectivity index (χ3v) is 5.44. The molecule has 29 heavy (non-hydrogen) atoms. The second-order valence-electron chi connectivity index (χ2n) is 5.96. The second-order valence-corrected chi connectivity index (χ2v) is 7.74. The lowest BCUT2D eigenvalue weighted by molar-refractivity contribution is 0.563. The number of anilines is 1. The fraction of sp³-hybridized carbons (Fsp3) is 0. The summed E-state index contributed by atoms with van der Waals surface area (Å²) in [6.07, 6.45) is 1.39. The van der Waals surface area contributed by atoms with E-state index in [2.05, 4.69) is 26.2 Å². The Morgan fingerprint density at radius 2 is 2.10 bits per heavy atom. The van der Waals surface area contributed by atoms with Crippen molar-refractivity contribution < 1.29 is 8.81 Å². The van der Waals surface area contributed by atoms with E-state index >= 15 is 0 Å². The number of halogens is 2. The summed E-state index contributed by atoms with van der Waals surface area (Å²) in [6, 6.07) is 15.5. The normalized spacial score (nSPS) is 11.4. The number of nitrogens with one attached hydrogen (secondary N) is 1. The summed E-state index contributed by atoms with van der Waals surface area (Å²) >= 11 is 4.40. The number of nitrogens with zero attached hydrogens (tertiary/aromatic N) is 2. The van der Waals surface area contributed by atoms with Crippen LogP contribution in [0.25, 0.3) is 27.8 Å². The van der Waals surface area contributed by atoms with Crippen molar-refractivity contribution in [3.63, 3.8) is 0 Å². The SMILES string of the molecule is N#CC(=CNc1ccc(Br)cc1F)c1nc(-c2cc3ccccc3oc2=O)cs1. The number of hydrogen-bond acceptors (Lipinski definition) is 6. The molecule has 4 aromatic rings. The van der Waals surface area contributed by atoms with Gasteiger partial charge in [0.25, 0.3) is 0 Å². The van der Waals surface area contributed by atoms with E-state index in [-0.39, 0.29) is 11.3 Å². The van der Waals surface area contributed by atoms with Gasteiger partial charge in [0.1, 0.15) is 28.1 Å². The van der Waals surface area contributed by atoms with Crippen molar-refractivity contribution in [2.75, 3.05) is 5.32 Å². The van der Waals surface area contributed by atoms with Gasteiger partial charge in [0.15, 0.2) is 0 Å². The molecule has 0 aliphatic rings. The molecule has 0 spiro atoms. The van der Waals surface area contributed by atoms with Crippen molar-refractivity contribution in [1.82, 2.24) is 4.98 Å². The quantitative estimate of drug-likeness (QED) is 0.303. The summed E-state index contributed by atoms with van der Waals surface area (Å²) in [4.78, 5) is 16.7. The van der Waals surface area contributed by atoms with E-state index < -0.39 is 11.4 Å². The molecular formula is C21H11BrFN3O2S. The van der Waals surface area contributed by atoms with Crippen molar-refractivity contribution in [2.45, 2.75) is 0 Å². The lowest BCUT2D eigenvalue weighted by Gasteiger charge is -2.03. The zero-order chi connectivity index (χ0) is 20.4. The van der Waals surface area contributed by atoms with Gasteiger partial charge in [-0.2, -0.15) is 5.26 Å². The molecule has 0 bridgehead atoms. The average Bonchev–Trinajstić information content (AvgIpc) is 3.19. The fourth-order valence-corrected chi connectivity index (χ4v) is 3.78. The first-order valence-electron chi connectivity index (χ1n) is 8.36. The Hall–Kier alpha value is -3.28. The van der Waals surface area contributed by atoms with Crippen LogP contribution in [0.15, 0.2) is 73.8 Å². The van der Waals surface area contributed by atoms with Crippen LogP contribution in [0.1, 0.15) is 5.01 Å². The number of aromatic nitrogens is 1.